The zero-order valence-corrected chi connectivity index (χ0v) is 8.32. The van der Waals surface area contributed by atoms with Crippen molar-refractivity contribution >= 4 is 5.97 Å². The monoisotopic (exact) mass is 183 g/mol. The minimum atomic E-state index is -0.0560. The molecular weight excluding hydrogens is 166 g/mol. The van der Waals surface area contributed by atoms with Crippen molar-refractivity contribution in [2.75, 3.05) is 20.2 Å². The van der Waals surface area contributed by atoms with Crippen LogP contribution in [0.1, 0.15) is 19.8 Å². The summed E-state index contributed by atoms with van der Waals surface area (Å²) in [4.78, 5) is 13.5. The Balaban J connectivity index is 1.77. The van der Waals surface area contributed by atoms with Gasteiger partial charge in [-0.25, -0.2) is 0 Å². The van der Waals surface area contributed by atoms with E-state index in [1.165, 1.54) is 13.5 Å². The maximum absolute atomic E-state index is 11.2. The summed E-state index contributed by atoms with van der Waals surface area (Å²) in [7, 11) is 1.47. The number of methoxy groups -OCH3 is 1. The third kappa shape index (κ3) is 1.70. The lowest BCUT2D eigenvalue weighted by molar-refractivity contribution is -0.152. The fourth-order valence-electron chi connectivity index (χ4n) is 2.02. The lowest BCUT2D eigenvalue weighted by atomic mass is 10.0. The van der Waals surface area contributed by atoms with E-state index in [0.717, 1.165) is 31.3 Å². The van der Waals surface area contributed by atoms with Gasteiger partial charge in [0.05, 0.1) is 7.11 Å². The van der Waals surface area contributed by atoms with Crippen molar-refractivity contribution < 1.29 is 9.53 Å². The second-order valence-electron chi connectivity index (χ2n) is 4.30. The number of hydrogen-bond donors (Lipinski definition) is 0. The summed E-state index contributed by atoms with van der Waals surface area (Å²) >= 11 is 0. The molecule has 0 bridgehead atoms. The third-order valence-electron chi connectivity index (χ3n) is 3.35. The molecule has 1 aliphatic carbocycles. The van der Waals surface area contributed by atoms with E-state index >= 15 is 0 Å². The van der Waals surface area contributed by atoms with Gasteiger partial charge in [-0.1, -0.05) is 6.92 Å². The van der Waals surface area contributed by atoms with Crippen molar-refractivity contribution in [1.29, 1.82) is 0 Å². The summed E-state index contributed by atoms with van der Waals surface area (Å²) in [6.45, 7) is 4.45. The summed E-state index contributed by atoms with van der Waals surface area (Å²) in [6.07, 6.45) is 2.32. The molecule has 3 atom stereocenters. The number of nitrogens with zero attached hydrogens (tertiary/aromatic N) is 1. The van der Waals surface area contributed by atoms with Gasteiger partial charge in [0.15, 0.2) is 0 Å². The molecule has 2 fully saturated rings. The van der Waals surface area contributed by atoms with E-state index in [9.17, 15) is 4.79 Å². The van der Waals surface area contributed by atoms with Gasteiger partial charge in [0.25, 0.3) is 0 Å². The third-order valence-corrected chi connectivity index (χ3v) is 3.35. The maximum atomic E-state index is 11.2. The molecule has 0 radical (unpaired) electrons. The van der Waals surface area contributed by atoms with Crippen LogP contribution < -0.4 is 0 Å². The number of carbonyl (C=O) groups is 1. The number of ether oxygens (including phenoxy) is 1. The van der Waals surface area contributed by atoms with Crippen LogP contribution in [0.4, 0.5) is 0 Å². The molecule has 3 unspecified atom stereocenters. The van der Waals surface area contributed by atoms with Crippen molar-refractivity contribution in [3.8, 4) is 0 Å². The van der Waals surface area contributed by atoms with Crippen molar-refractivity contribution in [1.82, 2.24) is 4.90 Å². The molecule has 0 N–H and O–H groups in total. The Kier molecular flexibility index (Phi) is 2.28. The number of esters is 1. The molecule has 1 saturated carbocycles. The maximum Gasteiger partial charge on any atom is 0.323 e. The van der Waals surface area contributed by atoms with E-state index in [0.29, 0.717) is 0 Å². The van der Waals surface area contributed by atoms with Gasteiger partial charge in [-0.05, 0) is 24.7 Å². The molecule has 2 aliphatic rings. The molecule has 0 aromatic heterocycles. The van der Waals surface area contributed by atoms with Gasteiger partial charge in [0, 0.05) is 13.1 Å². The molecule has 74 valence electrons. The molecule has 2 rings (SSSR count). The van der Waals surface area contributed by atoms with Gasteiger partial charge >= 0.3 is 5.97 Å². The van der Waals surface area contributed by atoms with Gasteiger partial charge in [0.2, 0.25) is 0 Å². The lowest BCUT2D eigenvalue weighted by Crippen LogP contribution is -2.53. The number of hydrogen-bond acceptors (Lipinski definition) is 3. The van der Waals surface area contributed by atoms with E-state index in [4.69, 9.17) is 4.74 Å². The highest BCUT2D eigenvalue weighted by atomic mass is 16.5. The minimum absolute atomic E-state index is 0.0560. The molecule has 13 heavy (non-hydrogen) atoms. The van der Waals surface area contributed by atoms with E-state index in [2.05, 4.69) is 11.8 Å². The van der Waals surface area contributed by atoms with Gasteiger partial charge < -0.3 is 4.74 Å². The van der Waals surface area contributed by atoms with Crippen molar-refractivity contribution in [2.24, 2.45) is 11.8 Å². The van der Waals surface area contributed by atoms with Crippen LogP contribution in [-0.2, 0) is 9.53 Å². The summed E-state index contributed by atoms with van der Waals surface area (Å²) in [5.74, 6) is 1.66. The first-order valence-corrected chi connectivity index (χ1v) is 5.04. The molecule has 0 spiro atoms. The fraction of sp³-hybridized carbons (Fsp3) is 0.900. The average molecular weight is 183 g/mol. The number of likely N-dealkylation sites (tertiary alicyclic amines) is 1. The molecule has 0 aromatic carbocycles. The summed E-state index contributed by atoms with van der Waals surface area (Å²) < 4.78 is 4.73. The first kappa shape index (κ1) is 9.00. The van der Waals surface area contributed by atoms with E-state index in [1.54, 1.807) is 0 Å². The van der Waals surface area contributed by atoms with E-state index in [-0.39, 0.29) is 12.0 Å². The molecule has 0 amide bonds. The predicted molar refractivity (Wildman–Crippen MR) is 49.3 cm³/mol. The number of carbonyl (C=O) groups excluding carboxylic acids is 1. The van der Waals surface area contributed by atoms with Crippen LogP contribution in [0.2, 0.25) is 0 Å². The van der Waals surface area contributed by atoms with Gasteiger partial charge in [-0.15, -0.1) is 0 Å². The minimum Gasteiger partial charge on any atom is -0.468 e. The molecule has 1 saturated heterocycles. The van der Waals surface area contributed by atoms with Crippen molar-refractivity contribution in [3.05, 3.63) is 0 Å². The van der Waals surface area contributed by atoms with Crippen LogP contribution in [-0.4, -0.2) is 37.1 Å². The Bertz CT molecular complexity index is 217. The second kappa shape index (κ2) is 3.29. The molecule has 1 aliphatic heterocycles. The summed E-state index contributed by atoms with van der Waals surface area (Å²) in [6, 6.07) is 0.0674. The summed E-state index contributed by atoms with van der Waals surface area (Å²) in [5.41, 5.74) is 0. The zero-order chi connectivity index (χ0) is 9.42. The van der Waals surface area contributed by atoms with Crippen LogP contribution in [0.5, 0.6) is 0 Å². The Morgan fingerprint density at radius 2 is 2.31 bits per heavy atom. The first-order valence-electron chi connectivity index (χ1n) is 5.04. The quantitative estimate of drug-likeness (QED) is 0.609. The Morgan fingerprint density at radius 1 is 1.62 bits per heavy atom. The summed E-state index contributed by atoms with van der Waals surface area (Å²) in [5, 5.41) is 0. The lowest BCUT2D eigenvalue weighted by Gasteiger charge is -2.38. The van der Waals surface area contributed by atoms with Crippen molar-refractivity contribution in [3.63, 3.8) is 0 Å². The smallest absolute Gasteiger partial charge is 0.323 e. The topological polar surface area (TPSA) is 29.5 Å². The molecular formula is C10H17NO2. The second-order valence-corrected chi connectivity index (χ2v) is 4.30. The van der Waals surface area contributed by atoms with Crippen LogP contribution >= 0.6 is 0 Å². The van der Waals surface area contributed by atoms with Crippen LogP contribution in [0.3, 0.4) is 0 Å². The van der Waals surface area contributed by atoms with Crippen molar-refractivity contribution in [2.45, 2.75) is 25.8 Å². The predicted octanol–water partition coefficient (Wildman–Crippen LogP) is 0.890. The molecule has 0 aromatic rings. The highest BCUT2D eigenvalue weighted by molar-refractivity contribution is 5.76. The Hall–Kier alpha value is -0.570. The van der Waals surface area contributed by atoms with Gasteiger partial charge in [-0.2, -0.15) is 0 Å². The van der Waals surface area contributed by atoms with Gasteiger partial charge in [0.1, 0.15) is 6.04 Å². The zero-order valence-electron chi connectivity index (χ0n) is 8.32. The first-order chi connectivity index (χ1) is 6.22. The largest absolute Gasteiger partial charge is 0.468 e. The normalized spacial score (nSPS) is 38.2. The standard InChI is InChI=1S/C10H17NO2/c1-7-5-8(7)6-11-4-3-9(11)10(12)13-2/h7-9H,3-6H2,1-2H3. The SMILES string of the molecule is COC(=O)C1CCN1CC1CC1C. The highest BCUT2D eigenvalue weighted by Gasteiger charge is 2.41. The Morgan fingerprint density at radius 3 is 2.69 bits per heavy atom. The van der Waals surface area contributed by atoms with E-state index in [1.807, 2.05) is 0 Å². The molecule has 1 heterocycles. The Labute approximate surface area is 79.0 Å². The van der Waals surface area contributed by atoms with Crippen LogP contribution in [0, 0.1) is 11.8 Å². The van der Waals surface area contributed by atoms with Crippen LogP contribution in [0.15, 0.2) is 0 Å². The number of rotatable bonds is 3. The van der Waals surface area contributed by atoms with E-state index < -0.39 is 0 Å². The highest BCUT2D eigenvalue weighted by Crippen LogP contribution is 2.39. The van der Waals surface area contributed by atoms with Crippen LogP contribution in [0.25, 0.3) is 0 Å². The fourth-order valence-corrected chi connectivity index (χ4v) is 2.02. The molecule has 3 heteroatoms. The molecule has 3 nitrogen and oxygen atoms in total. The average Bonchev–Trinajstić information content (AvgIpc) is 2.75. The van der Waals surface area contributed by atoms with Gasteiger partial charge in [-0.3, -0.25) is 9.69 Å².